The van der Waals surface area contributed by atoms with Crippen molar-refractivity contribution in [3.05, 3.63) is 30.7 Å². The van der Waals surface area contributed by atoms with Crippen LogP contribution in [-0.4, -0.2) is 43.4 Å². The van der Waals surface area contributed by atoms with E-state index in [0.717, 1.165) is 5.56 Å². The van der Waals surface area contributed by atoms with E-state index in [2.05, 4.69) is 10.1 Å². The van der Waals surface area contributed by atoms with Gasteiger partial charge < -0.3 is 19.8 Å². The van der Waals surface area contributed by atoms with Crippen LogP contribution in [0.2, 0.25) is 0 Å². The average Bonchev–Trinajstić information content (AvgIpc) is 3.28. The SMILES string of the molecule is COc1cc(OC(C)C(N)=O)ccc1-c1nc(-c2ncnn2C(C)C)cn1C. The number of amides is 1. The molecule has 0 aliphatic rings. The lowest BCUT2D eigenvalue weighted by atomic mass is 10.1. The number of carbonyl (C=O) groups is 1. The number of ether oxygens (including phenoxy) is 2. The smallest absolute Gasteiger partial charge is 0.258 e. The molecular weight excluding hydrogens is 360 g/mol. The number of methoxy groups -OCH3 is 1. The predicted molar refractivity (Wildman–Crippen MR) is 104 cm³/mol. The maximum Gasteiger partial charge on any atom is 0.258 e. The quantitative estimate of drug-likeness (QED) is 0.668. The highest BCUT2D eigenvalue weighted by Crippen LogP contribution is 2.34. The third-order valence-electron chi connectivity index (χ3n) is 4.30. The molecule has 1 atom stereocenters. The van der Waals surface area contributed by atoms with Gasteiger partial charge in [-0.2, -0.15) is 5.10 Å². The lowest BCUT2D eigenvalue weighted by Crippen LogP contribution is -2.30. The number of aryl methyl sites for hydroxylation is 1. The van der Waals surface area contributed by atoms with Gasteiger partial charge in [-0.05, 0) is 32.9 Å². The van der Waals surface area contributed by atoms with Crippen LogP contribution in [0.1, 0.15) is 26.8 Å². The van der Waals surface area contributed by atoms with Crippen LogP contribution in [0.4, 0.5) is 0 Å². The van der Waals surface area contributed by atoms with Crippen molar-refractivity contribution in [1.29, 1.82) is 0 Å². The maximum atomic E-state index is 11.2. The molecule has 0 aliphatic heterocycles. The topological polar surface area (TPSA) is 110 Å². The first-order valence-corrected chi connectivity index (χ1v) is 8.89. The summed E-state index contributed by atoms with van der Waals surface area (Å²) in [5.41, 5.74) is 6.76. The Morgan fingerprint density at radius 2 is 1.96 bits per heavy atom. The van der Waals surface area contributed by atoms with Gasteiger partial charge >= 0.3 is 0 Å². The molecule has 9 heteroatoms. The van der Waals surface area contributed by atoms with Crippen LogP contribution in [0.15, 0.2) is 30.7 Å². The lowest BCUT2D eigenvalue weighted by Gasteiger charge is -2.14. The molecule has 9 nitrogen and oxygen atoms in total. The van der Waals surface area contributed by atoms with Crippen molar-refractivity contribution in [1.82, 2.24) is 24.3 Å². The third-order valence-corrected chi connectivity index (χ3v) is 4.30. The number of rotatable bonds is 7. The number of hydrogen-bond acceptors (Lipinski definition) is 6. The van der Waals surface area contributed by atoms with Gasteiger partial charge in [0.25, 0.3) is 5.91 Å². The number of primary amides is 1. The van der Waals surface area contributed by atoms with Crippen LogP contribution in [0.25, 0.3) is 22.9 Å². The normalized spacial score (nSPS) is 12.2. The van der Waals surface area contributed by atoms with Crippen molar-refractivity contribution in [2.75, 3.05) is 7.11 Å². The van der Waals surface area contributed by atoms with Crippen molar-refractivity contribution in [2.45, 2.75) is 32.9 Å². The second-order valence-corrected chi connectivity index (χ2v) is 6.71. The highest BCUT2D eigenvalue weighted by atomic mass is 16.5. The summed E-state index contributed by atoms with van der Waals surface area (Å²) in [7, 11) is 3.47. The monoisotopic (exact) mass is 384 g/mol. The van der Waals surface area contributed by atoms with E-state index in [0.29, 0.717) is 28.8 Å². The zero-order chi connectivity index (χ0) is 20.4. The number of nitrogens with two attached hydrogens (primary N) is 1. The molecule has 2 heterocycles. The minimum absolute atomic E-state index is 0.168. The summed E-state index contributed by atoms with van der Waals surface area (Å²) >= 11 is 0. The van der Waals surface area contributed by atoms with Crippen molar-refractivity contribution in [2.24, 2.45) is 12.8 Å². The van der Waals surface area contributed by atoms with E-state index in [1.807, 2.05) is 42.4 Å². The highest BCUT2D eigenvalue weighted by Gasteiger charge is 2.19. The van der Waals surface area contributed by atoms with E-state index < -0.39 is 12.0 Å². The minimum Gasteiger partial charge on any atom is -0.496 e. The zero-order valence-electron chi connectivity index (χ0n) is 16.6. The molecule has 1 amide bonds. The molecule has 2 N–H and O–H groups in total. The fourth-order valence-electron chi connectivity index (χ4n) is 2.83. The van der Waals surface area contributed by atoms with Gasteiger partial charge in [-0.1, -0.05) is 0 Å². The molecule has 0 aliphatic carbocycles. The van der Waals surface area contributed by atoms with Crippen LogP contribution in [0, 0.1) is 0 Å². The van der Waals surface area contributed by atoms with Gasteiger partial charge in [-0.15, -0.1) is 0 Å². The van der Waals surface area contributed by atoms with Crippen molar-refractivity contribution >= 4 is 5.91 Å². The zero-order valence-corrected chi connectivity index (χ0v) is 16.6. The van der Waals surface area contributed by atoms with E-state index in [9.17, 15) is 4.79 Å². The van der Waals surface area contributed by atoms with Crippen molar-refractivity contribution < 1.29 is 14.3 Å². The first-order valence-electron chi connectivity index (χ1n) is 8.89. The van der Waals surface area contributed by atoms with Gasteiger partial charge in [-0.25, -0.2) is 14.6 Å². The van der Waals surface area contributed by atoms with E-state index in [4.69, 9.17) is 20.2 Å². The van der Waals surface area contributed by atoms with E-state index >= 15 is 0 Å². The lowest BCUT2D eigenvalue weighted by molar-refractivity contribution is -0.123. The van der Waals surface area contributed by atoms with Gasteiger partial charge in [0.1, 0.15) is 29.3 Å². The fourth-order valence-corrected chi connectivity index (χ4v) is 2.83. The van der Waals surface area contributed by atoms with E-state index in [-0.39, 0.29) is 6.04 Å². The Kier molecular flexibility index (Phi) is 5.34. The molecule has 148 valence electrons. The summed E-state index contributed by atoms with van der Waals surface area (Å²) in [6, 6.07) is 5.46. The Morgan fingerprint density at radius 1 is 1.21 bits per heavy atom. The fraction of sp³-hybridized carbons (Fsp3) is 0.368. The molecule has 1 aromatic carbocycles. The Morgan fingerprint density at radius 3 is 2.61 bits per heavy atom. The second kappa shape index (κ2) is 7.71. The first kappa shape index (κ1) is 19.4. The van der Waals surface area contributed by atoms with Crippen LogP contribution < -0.4 is 15.2 Å². The Hall–Kier alpha value is -3.36. The number of hydrogen-bond donors (Lipinski definition) is 1. The molecule has 0 saturated heterocycles. The molecule has 3 rings (SSSR count). The molecule has 0 radical (unpaired) electrons. The number of benzene rings is 1. The summed E-state index contributed by atoms with van der Waals surface area (Å²) in [5.74, 6) is 1.93. The van der Waals surface area contributed by atoms with Gasteiger partial charge in [-0.3, -0.25) is 4.79 Å². The van der Waals surface area contributed by atoms with E-state index in [1.54, 1.807) is 26.2 Å². The maximum absolute atomic E-state index is 11.2. The van der Waals surface area contributed by atoms with Gasteiger partial charge in [0.15, 0.2) is 11.9 Å². The Balaban J connectivity index is 1.98. The summed E-state index contributed by atoms with van der Waals surface area (Å²) < 4.78 is 14.8. The van der Waals surface area contributed by atoms with Gasteiger partial charge in [0.05, 0.1) is 12.7 Å². The average molecular weight is 384 g/mol. The Labute approximate surface area is 163 Å². The molecule has 0 bridgehead atoms. The summed E-state index contributed by atoms with van der Waals surface area (Å²) in [6.45, 7) is 5.67. The Bertz CT molecular complexity index is 991. The number of aromatic nitrogens is 5. The summed E-state index contributed by atoms with van der Waals surface area (Å²) in [6.07, 6.45) is 2.69. The predicted octanol–water partition coefficient (Wildman–Crippen LogP) is 2.19. The highest BCUT2D eigenvalue weighted by molar-refractivity contribution is 5.78. The summed E-state index contributed by atoms with van der Waals surface area (Å²) in [5, 5.41) is 4.27. The molecule has 1 unspecified atom stereocenters. The van der Waals surface area contributed by atoms with Crippen LogP contribution >= 0.6 is 0 Å². The molecule has 0 spiro atoms. The van der Waals surface area contributed by atoms with Gasteiger partial charge in [0.2, 0.25) is 0 Å². The van der Waals surface area contributed by atoms with Crippen molar-refractivity contribution in [3.8, 4) is 34.4 Å². The number of imidazole rings is 1. The molecular formula is C19H24N6O3. The standard InChI is InChI=1S/C19H24N6O3/c1-11(2)25-19(21-10-22-25)15-9-24(4)18(23-15)14-7-6-13(8-16(14)27-5)28-12(3)17(20)26/h6-12H,1-5H3,(H2,20,26). The third kappa shape index (κ3) is 3.68. The molecule has 0 fully saturated rings. The minimum atomic E-state index is -0.738. The molecule has 3 aromatic rings. The second-order valence-electron chi connectivity index (χ2n) is 6.71. The molecule has 28 heavy (non-hydrogen) atoms. The van der Waals surface area contributed by atoms with Crippen LogP contribution in [0.5, 0.6) is 11.5 Å². The van der Waals surface area contributed by atoms with E-state index in [1.165, 1.54) is 6.33 Å². The number of nitrogens with zero attached hydrogens (tertiary/aromatic N) is 5. The van der Waals surface area contributed by atoms with Gasteiger partial charge in [0, 0.05) is 25.4 Å². The molecule has 0 saturated carbocycles. The number of carbonyl (C=O) groups excluding carboxylic acids is 1. The molecule has 2 aromatic heterocycles. The van der Waals surface area contributed by atoms with Crippen LogP contribution in [0.3, 0.4) is 0 Å². The summed E-state index contributed by atoms with van der Waals surface area (Å²) in [4.78, 5) is 20.3. The largest absolute Gasteiger partial charge is 0.496 e. The van der Waals surface area contributed by atoms with Crippen molar-refractivity contribution in [3.63, 3.8) is 0 Å². The first-order chi connectivity index (χ1) is 13.3. The van der Waals surface area contributed by atoms with Crippen LogP contribution in [-0.2, 0) is 11.8 Å².